The predicted molar refractivity (Wildman–Crippen MR) is 85.4 cm³/mol. The van der Waals surface area contributed by atoms with Crippen molar-refractivity contribution in [1.29, 1.82) is 0 Å². The largest absolute Gasteiger partial charge is 0.280 e. The van der Waals surface area contributed by atoms with Crippen LogP contribution in [0.4, 0.5) is 0 Å². The Morgan fingerprint density at radius 3 is 2.45 bits per heavy atom. The fourth-order valence-electron chi connectivity index (χ4n) is 2.21. The first-order valence-electron chi connectivity index (χ1n) is 6.22. The number of hydrogen-bond acceptors (Lipinski definition) is 1. The summed E-state index contributed by atoms with van der Waals surface area (Å²) >= 11 is 11.9. The number of hydrogen-bond donors (Lipinski definition) is 0. The molecule has 0 amide bonds. The Morgan fingerprint density at radius 1 is 1.25 bits per heavy atom. The number of rotatable bonds is 4. The Bertz CT molecular complexity index is 648. The maximum Gasteiger partial charge on any atom is 0.232 e. The first-order chi connectivity index (χ1) is 9.54. The molecule has 0 aliphatic carbocycles. The maximum absolute atomic E-state index is 11.4. The summed E-state index contributed by atoms with van der Waals surface area (Å²) in [5.41, 5.74) is 3.87. The van der Waals surface area contributed by atoms with Crippen LogP contribution in [0.1, 0.15) is 17.0 Å². The SMILES string of the molecule is C=CC(C(=O)Cl)c1cc(C)c(-c2ccccc2)cc1Cl. The van der Waals surface area contributed by atoms with Gasteiger partial charge in [-0.15, -0.1) is 6.58 Å². The second-order valence-electron chi connectivity index (χ2n) is 4.57. The zero-order chi connectivity index (χ0) is 14.7. The summed E-state index contributed by atoms with van der Waals surface area (Å²) < 4.78 is 0. The van der Waals surface area contributed by atoms with Crippen LogP contribution >= 0.6 is 23.2 Å². The minimum absolute atomic E-state index is 0.478. The van der Waals surface area contributed by atoms with Gasteiger partial charge in [0.15, 0.2) is 0 Å². The average molecular weight is 305 g/mol. The third kappa shape index (κ3) is 2.95. The van der Waals surface area contributed by atoms with Crippen molar-refractivity contribution in [2.45, 2.75) is 12.8 Å². The van der Waals surface area contributed by atoms with Gasteiger partial charge in [0.1, 0.15) is 0 Å². The molecule has 0 radical (unpaired) electrons. The Morgan fingerprint density at radius 2 is 1.90 bits per heavy atom. The van der Waals surface area contributed by atoms with Crippen LogP contribution in [0.5, 0.6) is 0 Å². The van der Waals surface area contributed by atoms with Gasteiger partial charge in [0.2, 0.25) is 5.24 Å². The molecule has 0 aliphatic heterocycles. The van der Waals surface area contributed by atoms with Gasteiger partial charge < -0.3 is 0 Å². The highest BCUT2D eigenvalue weighted by Gasteiger charge is 2.19. The van der Waals surface area contributed by atoms with Gasteiger partial charge >= 0.3 is 0 Å². The summed E-state index contributed by atoms with van der Waals surface area (Å²) in [6.07, 6.45) is 1.51. The van der Waals surface area contributed by atoms with Gasteiger partial charge in [0.25, 0.3) is 0 Å². The van der Waals surface area contributed by atoms with Crippen molar-refractivity contribution in [2.24, 2.45) is 0 Å². The van der Waals surface area contributed by atoms with E-state index in [1.165, 1.54) is 6.08 Å². The highest BCUT2D eigenvalue weighted by Crippen LogP contribution is 2.34. The van der Waals surface area contributed by atoms with Crippen LogP contribution in [0.25, 0.3) is 11.1 Å². The highest BCUT2D eigenvalue weighted by atomic mass is 35.5. The molecule has 0 spiro atoms. The van der Waals surface area contributed by atoms with Crippen molar-refractivity contribution < 1.29 is 4.79 Å². The summed E-state index contributed by atoms with van der Waals surface area (Å²) in [5, 5.41) is 0.0436. The number of carbonyl (C=O) groups excluding carboxylic acids is 1. The third-order valence-corrected chi connectivity index (χ3v) is 3.81. The van der Waals surface area contributed by atoms with Crippen LogP contribution in [-0.4, -0.2) is 5.24 Å². The normalized spacial score (nSPS) is 11.9. The standard InChI is InChI=1S/C17H14Cl2O/c1-3-13(17(19)20)15-9-11(2)14(10-16(15)18)12-7-5-4-6-8-12/h3-10,13H,1H2,2H3. The predicted octanol–water partition coefficient (Wildman–Crippen LogP) is 5.35. The smallest absolute Gasteiger partial charge is 0.232 e. The van der Waals surface area contributed by atoms with E-state index in [-0.39, 0.29) is 0 Å². The zero-order valence-corrected chi connectivity index (χ0v) is 12.6. The van der Waals surface area contributed by atoms with Crippen LogP contribution in [0.15, 0.2) is 55.1 Å². The Hall–Kier alpha value is -1.57. The zero-order valence-electron chi connectivity index (χ0n) is 11.1. The quantitative estimate of drug-likeness (QED) is 0.549. The van der Waals surface area contributed by atoms with Gasteiger partial charge in [-0.2, -0.15) is 0 Å². The van der Waals surface area contributed by atoms with Crippen molar-refractivity contribution in [1.82, 2.24) is 0 Å². The van der Waals surface area contributed by atoms with Crippen molar-refractivity contribution in [3.8, 4) is 11.1 Å². The van der Waals surface area contributed by atoms with Crippen LogP contribution in [0.3, 0.4) is 0 Å². The van der Waals surface area contributed by atoms with Crippen molar-refractivity contribution in [2.75, 3.05) is 0 Å². The first kappa shape index (κ1) is 14.8. The van der Waals surface area contributed by atoms with Crippen molar-refractivity contribution in [3.63, 3.8) is 0 Å². The molecule has 0 saturated heterocycles. The number of halogens is 2. The van der Waals surface area contributed by atoms with Crippen molar-refractivity contribution in [3.05, 3.63) is 71.3 Å². The molecule has 0 saturated carbocycles. The first-order valence-corrected chi connectivity index (χ1v) is 6.97. The number of allylic oxidation sites excluding steroid dienone is 1. The van der Waals surface area contributed by atoms with E-state index >= 15 is 0 Å². The van der Waals surface area contributed by atoms with Crippen LogP contribution in [-0.2, 0) is 4.79 Å². The van der Waals surface area contributed by atoms with E-state index in [0.717, 1.165) is 16.7 Å². The maximum atomic E-state index is 11.4. The van der Waals surface area contributed by atoms with Gasteiger partial charge in [-0.25, -0.2) is 0 Å². The molecule has 0 heterocycles. The van der Waals surface area contributed by atoms with E-state index in [1.807, 2.05) is 49.4 Å². The molecule has 102 valence electrons. The molecule has 0 N–H and O–H groups in total. The van der Waals surface area contributed by atoms with Gasteiger partial charge in [-0.3, -0.25) is 4.79 Å². The minimum atomic E-state index is -0.576. The lowest BCUT2D eigenvalue weighted by atomic mass is 9.93. The van der Waals surface area contributed by atoms with Gasteiger partial charge in [-0.05, 0) is 46.8 Å². The Balaban J connectivity index is 2.54. The fraction of sp³-hybridized carbons (Fsp3) is 0.118. The lowest BCUT2D eigenvalue weighted by Crippen LogP contribution is -2.05. The minimum Gasteiger partial charge on any atom is -0.280 e. The molecular weight excluding hydrogens is 291 g/mol. The van der Waals surface area contributed by atoms with Crippen molar-refractivity contribution >= 4 is 28.4 Å². The highest BCUT2D eigenvalue weighted by molar-refractivity contribution is 6.65. The van der Waals surface area contributed by atoms with Crippen LogP contribution < -0.4 is 0 Å². The Labute approximate surface area is 128 Å². The molecule has 2 rings (SSSR count). The van der Waals surface area contributed by atoms with E-state index in [2.05, 4.69) is 6.58 Å². The molecule has 0 bridgehead atoms. The van der Waals surface area contributed by atoms with Gasteiger partial charge in [-0.1, -0.05) is 54.1 Å². The fourth-order valence-corrected chi connectivity index (χ4v) is 2.70. The average Bonchev–Trinajstić information content (AvgIpc) is 2.43. The monoisotopic (exact) mass is 304 g/mol. The summed E-state index contributed by atoms with van der Waals surface area (Å²) in [6, 6.07) is 13.7. The molecule has 1 nitrogen and oxygen atoms in total. The topological polar surface area (TPSA) is 17.1 Å². The van der Waals surface area contributed by atoms with E-state index in [4.69, 9.17) is 23.2 Å². The van der Waals surface area contributed by atoms with Gasteiger partial charge in [0.05, 0.1) is 5.92 Å². The molecule has 0 aliphatic rings. The molecule has 2 aromatic carbocycles. The molecular formula is C17H14Cl2O. The third-order valence-electron chi connectivity index (χ3n) is 3.24. The number of carbonyl (C=O) groups is 1. The van der Waals surface area contributed by atoms with E-state index in [1.54, 1.807) is 0 Å². The molecule has 1 atom stereocenters. The molecule has 20 heavy (non-hydrogen) atoms. The number of aryl methyl sites for hydroxylation is 1. The molecule has 2 aromatic rings. The molecule has 1 unspecified atom stereocenters. The Kier molecular flexibility index (Phi) is 4.64. The molecule has 3 heteroatoms. The van der Waals surface area contributed by atoms with E-state index < -0.39 is 11.2 Å². The van der Waals surface area contributed by atoms with Crippen LogP contribution in [0, 0.1) is 6.92 Å². The second-order valence-corrected chi connectivity index (χ2v) is 5.35. The summed E-state index contributed by atoms with van der Waals surface area (Å²) in [4.78, 5) is 11.4. The van der Waals surface area contributed by atoms with Crippen LogP contribution in [0.2, 0.25) is 5.02 Å². The number of benzene rings is 2. The summed E-state index contributed by atoms with van der Waals surface area (Å²) in [6.45, 7) is 5.63. The van der Waals surface area contributed by atoms with E-state index in [9.17, 15) is 4.79 Å². The summed E-state index contributed by atoms with van der Waals surface area (Å²) in [5.74, 6) is -0.576. The molecule has 0 aromatic heterocycles. The lowest BCUT2D eigenvalue weighted by Gasteiger charge is -2.14. The molecule has 0 fully saturated rings. The van der Waals surface area contributed by atoms with E-state index in [0.29, 0.717) is 10.6 Å². The summed E-state index contributed by atoms with van der Waals surface area (Å²) in [7, 11) is 0. The second kappa shape index (κ2) is 6.25. The lowest BCUT2D eigenvalue weighted by molar-refractivity contribution is -0.112. The van der Waals surface area contributed by atoms with Gasteiger partial charge in [0, 0.05) is 5.02 Å².